The standard InChI is InChI=1S/C12H16ClN3O2/c1-7-3-4-10(8(7)2)14-12-6-9(16(17)18)5-11(13)15-12/h5-8,10H,3-4H2,1-2H3,(H,14,15). The molecular weight excluding hydrogens is 254 g/mol. The van der Waals surface area contributed by atoms with Crippen molar-refractivity contribution in [2.75, 3.05) is 5.32 Å². The molecule has 0 bridgehead atoms. The highest BCUT2D eigenvalue weighted by atomic mass is 35.5. The zero-order valence-corrected chi connectivity index (χ0v) is 11.1. The molecule has 0 aromatic carbocycles. The van der Waals surface area contributed by atoms with Gasteiger partial charge in [-0.05, 0) is 24.7 Å². The van der Waals surface area contributed by atoms with E-state index in [1.807, 2.05) is 0 Å². The molecule has 1 aliphatic rings. The van der Waals surface area contributed by atoms with E-state index in [1.165, 1.54) is 18.6 Å². The topological polar surface area (TPSA) is 68.1 Å². The van der Waals surface area contributed by atoms with Gasteiger partial charge in [-0.25, -0.2) is 4.98 Å². The van der Waals surface area contributed by atoms with Gasteiger partial charge < -0.3 is 5.32 Å². The molecule has 1 N–H and O–H groups in total. The summed E-state index contributed by atoms with van der Waals surface area (Å²) in [6.45, 7) is 4.41. The number of anilines is 1. The van der Waals surface area contributed by atoms with Crippen LogP contribution >= 0.6 is 11.6 Å². The average molecular weight is 270 g/mol. The molecule has 0 amide bonds. The van der Waals surface area contributed by atoms with Crippen molar-refractivity contribution in [2.45, 2.75) is 32.7 Å². The molecule has 0 aliphatic heterocycles. The van der Waals surface area contributed by atoms with Crippen LogP contribution in [0, 0.1) is 22.0 Å². The van der Waals surface area contributed by atoms with Crippen LogP contribution in [0.2, 0.25) is 5.15 Å². The van der Waals surface area contributed by atoms with Crippen molar-refractivity contribution in [3.63, 3.8) is 0 Å². The first-order valence-corrected chi connectivity index (χ1v) is 6.43. The summed E-state index contributed by atoms with van der Waals surface area (Å²) in [5.41, 5.74) is -0.0313. The van der Waals surface area contributed by atoms with Crippen LogP contribution in [-0.2, 0) is 0 Å². The van der Waals surface area contributed by atoms with Crippen molar-refractivity contribution in [3.8, 4) is 0 Å². The van der Waals surface area contributed by atoms with Crippen molar-refractivity contribution in [1.29, 1.82) is 0 Å². The number of nitrogens with one attached hydrogen (secondary N) is 1. The van der Waals surface area contributed by atoms with Gasteiger partial charge in [-0.3, -0.25) is 10.1 Å². The third-order valence-corrected chi connectivity index (χ3v) is 3.98. The van der Waals surface area contributed by atoms with E-state index in [0.717, 1.165) is 6.42 Å². The minimum atomic E-state index is -0.459. The zero-order chi connectivity index (χ0) is 13.3. The second kappa shape index (κ2) is 5.10. The fraction of sp³-hybridized carbons (Fsp3) is 0.583. The zero-order valence-electron chi connectivity index (χ0n) is 10.4. The number of aromatic nitrogens is 1. The lowest BCUT2D eigenvalue weighted by Crippen LogP contribution is -2.24. The maximum atomic E-state index is 10.8. The van der Waals surface area contributed by atoms with Crippen molar-refractivity contribution >= 4 is 23.1 Å². The first-order valence-electron chi connectivity index (χ1n) is 6.06. The molecule has 1 fully saturated rings. The van der Waals surface area contributed by atoms with E-state index < -0.39 is 4.92 Å². The summed E-state index contributed by atoms with van der Waals surface area (Å²) in [5, 5.41) is 14.2. The molecule has 0 saturated heterocycles. The van der Waals surface area contributed by atoms with Gasteiger partial charge in [0.1, 0.15) is 11.0 Å². The third-order valence-electron chi connectivity index (χ3n) is 3.79. The van der Waals surface area contributed by atoms with Gasteiger partial charge in [-0.1, -0.05) is 25.4 Å². The molecule has 3 unspecified atom stereocenters. The van der Waals surface area contributed by atoms with Crippen molar-refractivity contribution in [2.24, 2.45) is 11.8 Å². The Bertz CT molecular complexity index is 467. The number of nitrogens with zero attached hydrogens (tertiary/aromatic N) is 2. The Morgan fingerprint density at radius 3 is 2.72 bits per heavy atom. The van der Waals surface area contributed by atoms with Gasteiger partial charge in [-0.2, -0.15) is 0 Å². The maximum Gasteiger partial charge on any atom is 0.276 e. The fourth-order valence-electron chi connectivity index (χ4n) is 2.42. The highest BCUT2D eigenvalue weighted by Crippen LogP contribution is 2.33. The number of hydrogen-bond acceptors (Lipinski definition) is 4. The van der Waals surface area contributed by atoms with Gasteiger partial charge in [0.25, 0.3) is 5.69 Å². The van der Waals surface area contributed by atoms with Crippen LogP contribution in [0.1, 0.15) is 26.7 Å². The predicted octanol–water partition coefficient (Wildman–Crippen LogP) is 3.49. The summed E-state index contributed by atoms with van der Waals surface area (Å²) in [7, 11) is 0. The molecule has 2 rings (SSSR count). The Labute approximate surface area is 111 Å². The molecule has 0 spiro atoms. The molecule has 98 valence electrons. The minimum Gasteiger partial charge on any atom is -0.367 e. The highest BCUT2D eigenvalue weighted by Gasteiger charge is 2.30. The fourth-order valence-corrected chi connectivity index (χ4v) is 2.62. The molecular formula is C12H16ClN3O2. The van der Waals surface area contributed by atoms with Gasteiger partial charge in [0.05, 0.1) is 17.1 Å². The normalized spacial score (nSPS) is 27.2. The Balaban J connectivity index is 2.16. The highest BCUT2D eigenvalue weighted by molar-refractivity contribution is 6.29. The van der Waals surface area contributed by atoms with E-state index in [1.54, 1.807) is 0 Å². The van der Waals surface area contributed by atoms with E-state index in [2.05, 4.69) is 24.1 Å². The summed E-state index contributed by atoms with van der Waals surface area (Å²) in [4.78, 5) is 14.4. The molecule has 5 nitrogen and oxygen atoms in total. The van der Waals surface area contributed by atoms with Crippen LogP contribution in [0.4, 0.5) is 11.5 Å². The van der Waals surface area contributed by atoms with Crippen LogP contribution in [0.25, 0.3) is 0 Å². The van der Waals surface area contributed by atoms with E-state index in [-0.39, 0.29) is 10.8 Å². The predicted molar refractivity (Wildman–Crippen MR) is 70.9 cm³/mol. The molecule has 1 aliphatic carbocycles. The Morgan fingerprint density at radius 2 is 2.17 bits per heavy atom. The lowest BCUT2D eigenvalue weighted by molar-refractivity contribution is -0.384. The molecule has 1 aromatic rings. The summed E-state index contributed by atoms with van der Waals surface area (Å²) in [5.74, 6) is 1.68. The Hall–Kier alpha value is -1.36. The van der Waals surface area contributed by atoms with Crippen LogP contribution in [0.3, 0.4) is 0 Å². The third kappa shape index (κ3) is 2.72. The Morgan fingerprint density at radius 1 is 1.44 bits per heavy atom. The average Bonchev–Trinajstić information content (AvgIpc) is 2.60. The van der Waals surface area contributed by atoms with Gasteiger partial charge >= 0.3 is 0 Å². The van der Waals surface area contributed by atoms with Crippen LogP contribution in [-0.4, -0.2) is 15.9 Å². The number of hydrogen-bond donors (Lipinski definition) is 1. The SMILES string of the molecule is CC1CCC(Nc2cc([N+](=O)[O-])cc(Cl)n2)C1C. The van der Waals surface area contributed by atoms with Gasteiger partial charge in [0, 0.05) is 6.04 Å². The second-order valence-electron chi connectivity index (χ2n) is 4.95. The smallest absolute Gasteiger partial charge is 0.276 e. The molecule has 18 heavy (non-hydrogen) atoms. The lowest BCUT2D eigenvalue weighted by Gasteiger charge is -2.20. The molecule has 1 heterocycles. The largest absolute Gasteiger partial charge is 0.367 e. The van der Waals surface area contributed by atoms with Crippen LogP contribution in [0.5, 0.6) is 0 Å². The Kier molecular flexibility index (Phi) is 3.71. The van der Waals surface area contributed by atoms with Crippen molar-refractivity contribution < 1.29 is 4.92 Å². The van der Waals surface area contributed by atoms with E-state index in [0.29, 0.717) is 23.7 Å². The molecule has 6 heteroatoms. The van der Waals surface area contributed by atoms with Gasteiger partial charge in [-0.15, -0.1) is 0 Å². The molecule has 0 radical (unpaired) electrons. The van der Waals surface area contributed by atoms with E-state index in [9.17, 15) is 10.1 Å². The maximum absolute atomic E-state index is 10.8. The number of halogens is 1. The monoisotopic (exact) mass is 269 g/mol. The van der Waals surface area contributed by atoms with Crippen molar-refractivity contribution in [1.82, 2.24) is 4.98 Å². The summed E-state index contributed by atoms with van der Waals surface area (Å²) >= 11 is 5.79. The molecule has 3 atom stereocenters. The number of nitro groups is 1. The summed E-state index contributed by atoms with van der Waals surface area (Å²) in [6.07, 6.45) is 2.23. The summed E-state index contributed by atoms with van der Waals surface area (Å²) < 4.78 is 0. The van der Waals surface area contributed by atoms with Crippen LogP contribution < -0.4 is 5.32 Å². The molecule has 1 aromatic heterocycles. The number of rotatable bonds is 3. The van der Waals surface area contributed by atoms with Gasteiger partial charge in [0.15, 0.2) is 0 Å². The van der Waals surface area contributed by atoms with Crippen molar-refractivity contribution in [3.05, 3.63) is 27.4 Å². The quantitative estimate of drug-likeness (QED) is 0.518. The molecule has 1 saturated carbocycles. The van der Waals surface area contributed by atoms with E-state index >= 15 is 0 Å². The summed E-state index contributed by atoms with van der Waals surface area (Å²) in [6, 6.07) is 3.00. The van der Waals surface area contributed by atoms with Crippen LogP contribution in [0.15, 0.2) is 12.1 Å². The second-order valence-corrected chi connectivity index (χ2v) is 5.34. The number of pyridine rings is 1. The van der Waals surface area contributed by atoms with Gasteiger partial charge in [0.2, 0.25) is 0 Å². The van der Waals surface area contributed by atoms with E-state index in [4.69, 9.17) is 11.6 Å². The minimum absolute atomic E-state index is 0.0313. The lowest BCUT2D eigenvalue weighted by atomic mass is 9.98. The first-order chi connectivity index (χ1) is 8.47. The first kappa shape index (κ1) is 13.1.